The van der Waals surface area contributed by atoms with Gasteiger partial charge in [0.25, 0.3) is 0 Å². The summed E-state index contributed by atoms with van der Waals surface area (Å²) in [6.45, 7) is 8.19. The fourth-order valence-electron chi connectivity index (χ4n) is 5.48. The summed E-state index contributed by atoms with van der Waals surface area (Å²) in [5, 5.41) is 2.97. The average Bonchev–Trinajstić information content (AvgIpc) is 3.24. The van der Waals surface area contributed by atoms with E-state index < -0.39 is 17.3 Å². The van der Waals surface area contributed by atoms with Crippen molar-refractivity contribution in [1.29, 1.82) is 0 Å². The van der Waals surface area contributed by atoms with Gasteiger partial charge in [0.1, 0.15) is 5.65 Å². The number of hydrogen-bond acceptors (Lipinski definition) is 3. The van der Waals surface area contributed by atoms with Crippen molar-refractivity contribution in [2.24, 2.45) is 0 Å². The third-order valence-corrected chi connectivity index (χ3v) is 7.40. The van der Waals surface area contributed by atoms with Crippen LogP contribution in [0.2, 0.25) is 0 Å². The summed E-state index contributed by atoms with van der Waals surface area (Å²) >= 11 is 0. The van der Waals surface area contributed by atoms with E-state index in [2.05, 4.69) is 10.3 Å². The number of fused-ring (bicyclic) bond motifs is 2. The predicted molar refractivity (Wildman–Crippen MR) is 152 cm³/mol. The van der Waals surface area contributed by atoms with Crippen LogP contribution in [0.4, 0.5) is 18.0 Å². The number of Topliss-reactive ketones (excluding diaryl/α,β-unsaturated/α-hetero) is 1. The van der Waals surface area contributed by atoms with E-state index in [0.29, 0.717) is 41.6 Å². The molecular formula is C32H33F3N4O2. The van der Waals surface area contributed by atoms with Crippen LogP contribution in [-0.2, 0) is 25.6 Å². The highest BCUT2D eigenvalue weighted by Crippen LogP contribution is 2.37. The molecule has 41 heavy (non-hydrogen) atoms. The van der Waals surface area contributed by atoms with Gasteiger partial charge in [0.15, 0.2) is 5.78 Å². The van der Waals surface area contributed by atoms with E-state index in [-0.39, 0.29) is 24.8 Å². The van der Waals surface area contributed by atoms with Crippen molar-refractivity contribution in [3.05, 3.63) is 94.4 Å². The minimum Gasteiger partial charge on any atom is -0.333 e. The molecule has 2 aromatic carbocycles. The number of alkyl halides is 3. The maximum Gasteiger partial charge on any atom is 0.416 e. The van der Waals surface area contributed by atoms with Crippen molar-refractivity contribution in [2.75, 3.05) is 6.54 Å². The summed E-state index contributed by atoms with van der Waals surface area (Å²) in [5.74, 6) is -0.0831. The van der Waals surface area contributed by atoms with Crippen molar-refractivity contribution in [3.8, 4) is 11.1 Å². The van der Waals surface area contributed by atoms with Gasteiger partial charge in [0.2, 0.25) is 0 Å². The Balaban J connectivity index is 1.51. The summed E-state index contributed by atoms with van der Waals surface area (Å²) in [7, 11) is 0. The lowest BCUT2D eigenvalue weighted by molar-refractivity contribution is -0.137. The van der Waals surface area contributed by atoms with E-state index in [0.717, 1.165) is 34.7 Å². The fourth-order valence-corrected chi connectivity index (χ4v) is 5.48. The number of benzene rings is 2. The molecule has 2 aromatic heterocycles. The molecule has 1 aliphatic heterocycles. The molecule has 1 N–H and O–H groups in total. The number of carbonyl (C=O) groups excluding carboxylic acids is 2. The van der Waals surface area contributed by atoms with E-state index in [1.54, 1.807) is 23.1 Å². The maximum atomic E-state index is 13.7. The number of rotatable bonds is 5. The second-order valence-electron chi connectivity index (χ2n) is 11.5. The molecule has 2 amide bonds. The average molecular weight is 563 g/mol. The van der Waals surface area contributed by atoms with Gasteiger partial charge in [-0.1, -0.05) is 30.3 Å². The van der Waals surface area contributed by atoms with Gasteiger partial charge in [-0.15, -0.1) is 0 Å². The molecule has 1 aliphatic rings. The van der Waals surface area contributed by atoms with Gasteiger partial charge in [0.05, 0.1) is 11.3 Å². The third-order valence-electron chi connectivity index (χ3n) is 7.40. The Bertz CT molecular complexity index is 1630. The van der Waals surface area contributed by atoms with Crippen molar-refractivity contribution in [3.63, 3.8) is 0 Å². The SMILES string of the molecule is Cc1nc2ccccn2c1CCC(=O)c1ccc(-c2cccc(C(F)(F)F)c2)c2c1CN(C(=O)NC(C)(C)C)CC2. The molecule has 0 aliphatic carbocycles. The molecule has 6 nitrogen and oxygen atoms in total. The van der Waals surface area contributed by atoms with Crippen LogP contribution in [0.5, 0.6) is 0 Å². The normalized spacial score (nSPS) is 13.8. The first kappa shape index (κ1) is 28.4. The fraction of sp³-hybridized carbons (Fsp3) is 0.344. The number of carbonyl (C=O) groups is 2. The van der Waals surface area contributed by atoms with Crippen LogP contribution in [0.3, 0.4) is 0 Å². The second kappa shape index (κ2) is 10.7. The number of amides is 2. The van der Waals surface area contributed by atoms with Gasteiger partial charge >= 0.3 is 12.2 Å². The number of hydrogen-bond donors (Lipinski definition) is 1. The maximum absolute atomic E-state index is 13.7. The Labute approximate surface area is 237 Å². The van der Waals surface area contributed by atoms with Gasteiger partial charge < -0.3 is 14.6 Å². The van der Waals surface area contributed by atoms with E-state index in [9.17, 15) is 22.8 Å². The minimum atomic E-state index is -4.47. The minimum absolute atomic E-state index is 0.0831. The molecule has 5 rings (SSSR count). The van der Waals surface area contributed by atoms with Crippen molar-refractivity contribution >= 4 is 17.5 Å². The summed E-state index contributed by atoms with van der Waals surface area (Å²) in [5.41, 5.74) is 4.53. The number of pyridine rings is 1. The van der Waals surface area contributed by atoms with Crippen LogP contribution >= 0.6 is 0 Å². The van der Waals surface area contributed by atoms with Crippen LogP contribution in [-0.4, -0.2) is 38.2 Å². The van der Waals surface area contributed by atoms with Gasteiger partial charge in [-0.3, -0.25) is 4.79 Å². The summed E-state index contributed by atoms with van der Waals surface area (Å²) in [6, 6.07) is 14.2. The molecule has 0 unspecified atom stereocenters. The largest absolute Gasteiger partial charge is 0.416 e. The molecule has 0 bridgehead atoms. The first-order chi connectivity index (χ1) is 19.3. The van der Waals surface area contributed by atoms with Crippen LogP contribution in [0, 0.1) is 6.92 Å². The lowest BCUT2D eigenvalue weighted by Crippen LogP contribution is -2.50. The molecule has 0 radical (unpaired) electrons. The van der Waals surface area contributed by atoms with E-state index >= 15 is 0 Å². The zero-order valence-electron chi connectivity index (χ0n) is 23.6. The number of aryl methyl sites for hydroxylation is 2. The lowest BCUT2D eigenvalue weighted by atomic mass is 9.85. The summed E-state index contributed by atoms with van der Waals surface area (Å²) in [4.78, 5) is 33.0. The quantitative estimate of drug-likeness (QED) is 0.266. The molecule has 0 fully saturated rings. The lowest BCUT2D eigenvalue weighted by Gasteiger charge is -2.34. The number of halogens is 3. The van der Waals surface area contributed by atoms with Crippen molar-refractivity contribution < 1.29 is 22.8 Å². The molecule has 0 spiro atoms. The Morgan fingerprint density at radius 2 is 1.78 bits per heavy atom. The van der Waals surface area contributed by atoms with Crippen LogP contribution in [0.15, 0.2) is 60.8 Å². The summed E-state index contributed by atoms with van der Waals surface area (Å²) < 4.78 is 42.5. The van der Waals surface area contributed by atoms with E-state index in [1.807, 2.05) is 56.5 Å². The summed E-state index contributed by atoms with van der Waals surface area (Å²) in [6.07, 6.45) is -1.41. The number of ketones is 1. The first-order valence-electron chi connectivity index (χ1n) is 13.7. The van der Waals surface area contributed by atoms with Crippen LogP contribution in [0.1, 0.15) is 65.6 Å². The molecule has 0 atom stereocenters. The number of aromatic nitrogens is 2. The van der Waals surface area contributed by atoms with Gasteiger partial charge in [-0.25, -0.2) is 9.78 Å². The highest BCUT2D eigenvalue weighted by molar-refractivity contribution is 5.99. The third kappa shape index (κ3) is 5.99. The Kier molecular flexibility index (Phi) is 7.40. The number of imidazole rings is 1. The highest BCUT2D eigenvalue weighted by Gasteiger charge is 2.32. The molecule has 0 saturated heterocycles. The molecule has 3 heterocycles. The molecule has 214 valence electrons. The predicted octanol–water partition coefficient (Wildman–Crippen LogP) is 7.01. The van der Waals surface area contributed by atoms with Gasteiger partial charge in [-0.05, 0) is 87.1 Å². The first-order valence-corrected chi connectivity index (χ1v) is 13.7. The highest BCUT2D eigenvalue weighted by atomic mass is 19.4. The molecular weight excluding hydrogens is 529 g/mol. The van der Waals surface area contributed by atoms with Crippen molar-refractivity contribution in [2.45, 2.75) is 65.2 Å². The second-order valence-corrected chi connectivity index (χ2v) is 11.5. The Morgan fingerprint density at radius 1 is 1.00 bits per heavy atom. The monoisotopic (exact) mass is 562 g/mol. The topological polar surface area (TPSA) is 66.7 Å². The van der Waals surface area contributed by atoms with Crippen LogP contribution < -0.4 is 5.32 Å². The van der Waals surface area contributed by atoms with E-state index in [1.165, 1.54) is 6.07 Å². The van der Waals surface area contributed by atoms with Gasteiger partial charge in [0, 0.05) is 42.5 Å². The zero-order valence-corrected chi connectivity index (χ0v) is 23.6. The van der Waals surface area contributed by atoms with Crippen molar-refractivity contribution in [1.82, 2.24) is 19.6 Å². The van der Waals surface area contributed by atoms with E-state index in [4.69, 9.17) is 0 Å². The van der Waals surface area contributed by atoms with Crippen LogP contribution in [0.25, 0.3) is 16.8 Å². The number of nitrogens with one attached hydrogen (secondary N) is 1. The molecule has 4 aromatic rings. The smallest absolute Gasteiger partial charge is 0.333 e. The van der Waals surface area contributed by atoms with Gasteiger partial charge in [-0.2, -0.15) is 13.2 Å². The molecule has 9 heteroatoms. The standard InChI is InChI=1S/C32H33F3N4O2/c1-20-27(39-16-6-5-10-29(39)36-20)13-14-28(40)25-12-11-23(21-8-7-9-22(18-21)32(33,34)35)24-15-17-38(19-26(24)25)30(41)37-31(2,3)4/h5-12,16,18H,13-15,17,19H2,1-4H3,(H,37,41). The number of urea groups is 1. The Morgan fingerprint density at radius 3 is 2.51 bits per heavy atom. The zero-order chi connectivity index (χ0) is 29.5. The Hall–Kier alpha value is -4.14. The number of nitrogens with zero attached hydrogens (tertiary/aromatic N) is 3. The molecule has 0 saturated carbocycles.